The summed E-state index contributed by atoms with van der Waals surface area (Å²) < 4.78 is 56.9. The van der Waals surface area contributed by atoms with E-state index in [-0.39, 0.29) is 43.1 Å². The Labute approximate surface area is 368 Å². The molecule has 63 heavy (non-hydrogen) atoms. The first-order valence-corrected chi connectivity index (χ1v) is 22.1. The van der Waals surface area contributed by atoms with Crippen LogP contribution in [0.25, 0.3) is 5.69 Å². The molecule has 2 N–H and O–H groups in total. The third-order valence-electron chi connectivity index (χ3n) is 11.6. The van der Waals surface area contributed by atoms with Crippen molar-refractivity contribution in [1.82, 2.24) is 39.7 Å². The van der Waals surface area contributed by atoms with Gasteiger partial charge in [-0.15, -0.1) is 0 Å². The summed E-state index contributed by atoms with van der Waals surface area (Å²) in [7, 11) is 0. The molecule has 3 aromatic carbocycles. The van der Waals surface area contributed by atoms with Crippen LogP contribution in [-0.2, 0) is 26.5 Å². The molecule has 5 aromatic rings. The highest BCUT2D eigenvalue weighted by Crippen LogP contribution is 2.38. The van der Waals surface area contributed by atoms with Gasteiger partial charge in [-0.2, -0.15) is 10.2 Å². The molecular formula is C46H62F2N10O5. The number of halogens is 2. The molecular weight excluding hydrogens is 811 g/mol. The minimum atomic E-state index is -1.51. The molecule has 0 bridgehead atoms. The van der Waals surface area contributed by atoms with E-state index in [0.29, 0.717) is 24.0 Å². The van der Waals surface area contributed by atoms with E-state index in [9.17, 15) is 13.6 Å². The maximum atomic E-state index is 14.9. The van der Waals surface area contributed by atoms with Crippen LogP contribution >= 0.6 is 0 Å². The SMILES string of the molecule is CC(C)OC(C)C.CC(NC1CCNCC1)C(C)n1ncn(-c2ccc(N3CCN(c4ccc(OCC5COC(Cn6cncn6)(c6ccc(F)cc6F)O5)cc4)CC3)cc2)c1=O. The molecule has 0 amide bonds. The highest BCUT2D eigenvalue weighted by molar-refractivity contribution is 5.54. The summed E-state index contributed by atoms with van der Waals surface area (Å²) in [6.07, 6.45) is 6.88. The van der Waals surface area contributed by atoms with Crippen LogP contribution in [-0.4, -0.2) is 112 Å². The summed E-state index contributed by atoms with van der Waals surface area (Å²) in [6, 6.07) is 19.8. The fraction of sp³-hybridized carbons (Fsp3) is 0.522. The molecule has 2 aromatic heterocycles. The molecule has 5 heterocycles. The molecule has 0 aliphatic carbocycles. The van der Waals surface area contributed by atoms with Crippen molar-refractivity contribution in [1.29, 1.82) is 0 Å². The van der Waals surface area contributed by atoms with Crippen molar-refractivity contribution in [3.8, 4) is 11.4 Å². The van der Waals surface area contributed by atoms with Gasteiger partial charge in [0.2, 0.25) is 5.79 Å². The number of benzene rings is 3. The van der Waals surface area contributed by atoms with Crippen LogP contribution in [0.5, 0.6) is 5.75 Å². The summed E-state index contributed by atoms with van der Waals surface area (Å²) in [5.74, 6) is -2.30. The highest BCUT2D eigenvalue weighted by Gasteiger charge is 2.46. The Morgan fingerprint density at radius 2 is 1.48 bits per heavy atom. The van der Waals surface area contributed by atoms with Crippen molar-refractivity contribution < 1.29 is 27.7 Å². The Balaban J connectivity index is 0.000000785. The zero-order valence-corrected chi connectivity index (χ0v) is 37.2. The van der Waals surface area contributed by atoms with Crippen molar-refractivity contribution in [3.05, 3.63) is 113 Å². The maximum absolute atomic E-state index is 14.9. The lowest BCUT2D eigenvalue weighted by Crippen LogP contribution is -2.47. The largest absolute Gasteiger partial charge is 0.491 e. The van der Waals surface area contributed by atoms with E-state index in [0.717, 1.165) is 75.2 Å². The van der Waals surface area contributed by atoms with E-state index < -0.39 is 23.5 Å². The lowest BCUT2D eigenvalue weighted by Gasteiger charge is -2.37. The molecule has 8 rings (SSSR count). The van der Waals surface area contributed by atoms with Crippen LogP contribution in [0.15, 0.2) is 90.5 Å². The normalized spacial score (nSPS) is 20.5. The van der Waals surface area contributed by atoms with E-state index in [1.807, 2.05) is 71.0 Å². The average Bonchev–Trinajstić information content (AvgIpc) is 4.04. The first-order chi connectivity index (χ1) is 30.4. The second-order valence-corrected chi connectivity index (χ2v) is 17.0. The van der Waals surface area contributed by atoms with Gasteiger partial charge in [-0.05, 0) is 128 Å². The molecule has 4 unspecified atom stereocenters. The minimum absolute atomic E-state index is 0.0309. The van der Waals surface area contributed by atoms with Crippen molar-refractivity contribution in [2.45, 2.75) is 103 Å². The lowest BCUT2D eigenvalue weighted by molar-refractivity contribution is -0.192. The molecule has 17 heteroatoms. The molecule has 15 nitrogen and oxygen atoms in total. The van der Waals surface area contributed by atoms with Gasteiger partial charge in [-0.1, -0.05) is 0 Å². The average molecular weight is 873 g/mol. The predicted octanol–water partition coefficient (Wildman–Crippen LogP) is 5.69. The molecule has 0 radical (unpaired) electrons. The third-order valence-corrected chi connectivity index (χ3v) is 11.6. The number of nitrogens with one attached hydrogen (secondary N) is 2. The number of piperidine rings is 1. The Hall–Kier alpha value is -5.20. The van der Waals surface area contributed by atoms with Crippen LogP contribution in [0, 0.1) is 11.6 Å². The number of piperazine rings is 1. The van der Waals surface area contributed by atoms with Gasteiger partial charge in [-0.3, -0.25) is 0 Å². The van der Waals surface area contributed by atoms with Gasteiger partial charge in [0.05, 0.1) is 30.5 Å². The summed E-state index contributed by atoms with van der Waals surface area (Å²) >= 11 is 0. The second kappa shape index (κ2) is 21.0. The first-order valence-electron chi connectivity index (χ1n) is 22.1. The number of nitrogens with zero attached hydrogens (tertiary/aromatic N) is 8. The maximum Gasteiger partial charge on any atom is 0.350 e. The molecule has 3 saturated heterocycles. The number of hydrogen-bond donors (Lipinski definition) is 2. The van der Waals surface area contributed by atoms with E-state index in [2.05, 4.69) is 54.7 Å². The number of aromatic nitrogens is 6. The Morgan fingerprint density at radius 3 is 2.06 bits per heavy atom. The van der Waals surface area contributed by atoms with Crippen molar-refractivity contribution in [3.63, 3.8) is 0 Å². The van der Waals surface area contributed by atoms with Crippen LogP contribution in [0.3, 0.4) is 0 Å². The van der Waals surface area contributed by atoms with Gasteiger partial charge in [0.1, 0.15) is 55.6 Å². The van der Waals surface area contributed by atoms with E-state index in [4.69, 9.17) is 18.9 Å². The first kappa shape index (κ1) is 45.8. The van der Waals surface area contributed by atoms with Gasteiger partial charge in [-0.25, -0.2) is 32.5 Å². The third kappa shape index (κ3) is 11.7. The van der Waals surface area contributed by atoms with Crippen LogP contribution in [0.4, 0.5) is 20.2 Å². The molecule has 0 saturated carbocycles. The highest BCUT2D eigenvalue weighted by atomic mass is 19.1. The van der Waals surface area contributed by atoms with Crippen molar-refractivity contribution in [2.24, 2.45) is 0 Å². The van der Waals surface area contributed by atoms with Gasteiger partial charge >= 0.3 is 5.69 Å². The van der Waals surface area contributed by atoms with Gasteiger partial charge in [0.15, 0.2) is 0 Å². The van der Waals surface area contributed by atoms with E-state index in [1.165, 1.54) is 29.5 Å². The zero-order valence-electron chi connectivity index (χ0n) is 37.2. The molecule has 3 aliphatic heterocycles. The minimum Gasteiger partial charge on any atom is -0.491 e. The van der Waals surface area contributed by atoms with Crippen molar-refractivity contribution in [2.75, 3.05) is 62.3 Å². The fourth-order valence-corrected chi connectivity index (χ4v) is 8.30. The van der Waals surface area contributed by atoms with Crippen LogP contribution < -0.4 is 30.9 Å². The number of rotatable bonds is 15. The molecule has 0 spiro atoms. The number of ether oxygens (including phenoxy) is 4. The van der Waals surface area contributed by atoms with Gasteiger partial charge < -0.3 is 39.4 Å². The monoisotopic (exact) mass is 872 g/mol. The Morgan fingerprint density at radius 1 is 0.841 bits per heavy atom. The zero-order chi connectivity index (χ0) is 44.5. The number of anilines is 2. The predicted molar refractivity (Wildman–Crippen MR) is 238 cm³/mol. The smallest absolute Gasteiger partial charge is 0.350 e. The molecule has 340 valence electrons. The lowest BCUT2D eigenvalue weighted by atomic mass is 10.0. The second-order valence-electron chi connectivity index (χ2n) is 17.0. The van der Waals surface area contributed by atoms with Crippen molar-refractivity contribution >= 4 is 11.4 Å². The Kier molecular flexibility index (Phi) is 15.3. The van der Waals surface area contributed by atoms with Gasteiger partial charge in [0, 0.05) is 61.3 Å². The topological polar surface area (TPSA) is 138 Å². The summed E-state index contributed by atoms with van der Waals surface area (Å²) in [5, 5.41) is 15.7. The molecule has 3 aliphatic rings. The molecule has 3 fully saturated rings. The standard InChI is InChI=1S/C40H48F2N10O4.C6H14O/c1-28(47-31-13-15-43-16-14-31)29(2)52-39(53)51(27-46-52)34-6-4-32(5-7-34)48-17-19-49(20-18-48)33-8-10-35(11-9-33)54-22-36-23-55-40(56-36,24-50-26-44-25-45-50)37-12-3-30(41)21-38(37)42;1-5(2)7-6(3)4/h3-12,21,25-29,31,36,43,47H,13-20,22-24H2,1-2H3;5-6H,1-4H3. The van der Waals surface area contributed by atoms with Crippen LogP contribution in [0.2, 0.25) is 0 Å². The summed E-state index contributed by atoms with van der Waals surface area (Å²) in [6.45, 7) is 18.1. The quantitative estimate of drug-likeness (QED) is 0.134. The van der Waals surface area contributed by atoms with E-state index in [1.54, 1.807) is 15.6 Å². The van der Waals surface area contributed by atoms with Crippen LogP contribution in [0.1, 0.15) is 66.0 Å². The summed E-state index contributed by atoms with van der Waals surface area (Å²) in [4.78, 5) is 22.0. The number of hydrogen-bond acceptors (Lipinski definition) is 12. The molecule has 4 atom stereocenters. The fourth-order valence-electron chi connectivity index (χ4n) is 8.30. The summed E-state index contributed by atoms with van der Waals surface area (Å²) in [5.41, 5.74) is 2.93. The van der Waals surface area contributed by atoms with E-state index >= 15 is 0 Å². The van der Waals surface area contributed by atoms with Gasteiger partial charge in [0.25, 0.3) is 0 Å². The Bertz CT molecular complexity index is 2220.